The highest BCUT2D eigenvalue weighted by atomic mass is 15.4. The van der Waals surface area contributed by atoms with Crippen molar-refractivity contribution in [3.05, 3.63) is 35.9 Å². The van der Waals surface area contributed by atoms with Crippen molar-refractivity contribution in [3.8, 4) is 0 Å². The lowest BCUT2D eigenvalue weighted by atomic mass is 10.1. The molecule has 1 aliphatic rings. The highest BCUT2D eigenvalue weighted by Gasteiger charge is 2.07. The predicted octanol–water partition coefficient (Wildman–Crippen LogP) is 2.90. The third-order valence-corrected chi connectivity index (χ3v) is 2.82. The molecule has 0 aromatic heterocycles. The first-order valence-corrected chi connectivity index (χ1v) is 5.72. The van der Waals surface area contributed by atoms with Crippen molar-refractivity contribution in [1.29, 1.82) is 0 Å². The van der Waals surface area contributed by atoms with E-state index in [0.29, 0.717) is 0 Å². The van der Waals surface area contributed by atoms with Crippen LogP contribution in [0.15, 0.2) is 35.4 Å². The van der Waals surface area contributed by atoms with E-state index in [0.717, 1.165) is 18.8 Å². The van der Waals surface area contributed by atoms with Crippen molar-refractivity contribution in [2.75, 3.05) is 13.1 Å². The molecular formula is C13H18N2. The molecule has 2 heteroatoms. The van der Waals surface area contributed by atoms with Gasteiger partial charge in [-0.1, -0.05) is 30.3 Å². The third-order valence-electron chi connectivity index (χ3n) is 2.82. The number of hydrogen-bond donors (Lipinski definition) is 0. The first kappa shape index (κ1) is 10.2. The topological polar surface area (TPSA) is 15.6 Å². The van der Waals surface area contributed by atoms with Crippen LogP contribution in [0.5, 0.6) is 0 Å². The molecule has 0 N–H and O–H groups in total. The maximum atomic E-state index is 4.66. The summed E-state index contributed by atoms with van der Waals surface area (Å²) in [5, 5.41) is 6.86. The van der Waals surface area contributed by atoms with E-state index in [-0.39, 0.29) is 0 Å². The number of rotatable bonds is 2. The summed E-state index contributed by atoms with van der Waals surface area (Å²) in [6.45, 7) is 4.32. The first-order valence-electron chi connectivity index (χ1n) is 5.72. The minimum Gasteiger partial charge on any atom is -0.297 e. The van der Waals surface area contributed by atoms with E-state index in [1.807, 2.05) is 6.07 Å². The molecule has 1 aromatic rings. The maximum absolute atomic E-state index is 4.66. The van der Waals surface area contributed by atoms with Gasteiger partial charge in [-0.2, -0.15) is 5.10 Å². The Morgan fingerprint density at radius 1 is 1.07 bits per heavy atom. The van der Waals surface area contributed by atoms with Crippen molar-refractivity contribution < 1.29 is 0 Å². The molecule has 1 fully saturated rings. The van der Waals surface area contributed by atoms with E-state index in [9.17, 15) is 0 Å². The Kier molecular flexibility index (Phi) is 3.38. The van der Waals surface area contributed by atoms with Gasteiger partial charge < -0.3 is 0 Å². The second-order valence-electron chi connectivity index (χ2n) is 4.07. The summed E-state index contributed by atoms with van der Waals surface area (Å²) in [7, 11) is 0. The normalized spacial score (nSPS) is 17.9. The van der Waals surface area contributed by atoms with E-state index in [4.69, 9.17) is 0 Å². The van der Waals surface area contributed by atoms with Crippen molar-refractivity contribution in [2.45, 2.75) is 26.2 Å². The molecule has 1 heterocycles. The fraction of sp³-hybridized carbons (Fsp3) is 0.462. The zero-order valence-electron chi connectivity index (χ0n) is 9.32. The summed E-state index contributed by atoms with van der Waals surface area (Å²) < 4.78 is 0. The van der Waals surface area contributed by atoms with Crippen LogP contribution in [0.4, 0.5) is 0 Å². The van der Waals surface area contributed by atoms with Crippen LogP contribution < -0.4 is 0 Å². The van der Waals surface area contributed by atoms with Crippen molar-refractivity contribution in [3.63, 3.8) is 0 Å². The number of nitrogens with zero attached hydrogens (tertiary/aromatic N) is 2. The zero-order chi connectivity index (χ0) is 10.5. The molecular weight excluding hydrogens is 184 g/mol. The molecule has 0 amide bonds. The summed E-state index contributed by atoms with van der Waals surface area (Å²) in [6, 6.07) is 10.4. The molecule has 1 aromatic carbocycles. The summed E-state index contributed by atoms with van der Waals surface area (Å²) in [5.41, 5.74) is 2.35. The SMILES string of the molecule is CC(=NN1CCCCC1)c1ccccc1. The summed E-state index contributed by atoms with van der Waals surface area (Å²) in [5.74, 6) is 0. The van der Waals surface area contributed by atoms with E-state index < -0.39 is 0 Å². The van der Waals surface area contributed by atoms with Gasteiger partial charge in [0.15, 0.2) is 0 Å². The molecule has 0 atom stereocenters. The Morgan fingerprint density at radius 3 is 2.40 bits per heavy atom. The number of benzene rings is 1. The number of hydrazone groups is 1. The lowest BCUT2D eigenvalue weighted by molar-refractivity contribution is 0.239. The molecule has 0 saturated carbocycles. The van der Waals surface area contributed by atoms with Crippen LogP contribution in [0.1, 0.15) is 31.7 Å². The zero-order valence-corrected chi connectivity index (χ0v) is 9.32. The Labute approximate surface area is 91.6 Å². The predicted molar refractivity (Wildman–Crippen MR) is 64.1 cm³/mol. The van der Waals surface area contributed by atoms with Crippen LogP contribution in [0, 0.1) is 0 Å². The lowest BCUT2D eigenvalue weighted by Crippen LogP contribution is -2.25. The highest BCUT2D eigenvalue weighted by Crippen LogP contribution is 2.10. The summed E-state index contributed by atoms with van der Waals surface area (Å²) in [4.78, 5) is 0. The van der Waals surface area contributed by atoms with Gasteiger partial charge in [-0.15, -0.1) is 0 Å². The second-order valence-corrected chi connectivity index (χ2v) is 4.07. The third kappa shape index (κ3) is 2.82. The van der Waals surface area contributed by atoms with Crippen LogP contribution in [0.2, 0.25) is 0 Å². The van der Waals surface area contributed by atoms with Crippen LogP contribution in [0.3, 0.4) is 0 Å². The average Bonchev–Trinajstić information content (AvgIpc) is 2.31. The smallest absolute Gasteiger partial charge is 0.0646 e. The standard InChI is InChI=1S/C13H18N2/c1-12(13-8-4-2-5-9-13)14-15-10-6-3-7-11-15/h2,4-5,8-9H,3,6-7,10-11H2,1H3. The summed E-state index contributed by atoms with van der Waals surface area (Å²) >= 11 is 0. The van der Waals surface area contributed by atoms with E-state index >= 15 is 0 Å². The van der Waals surface area contributed by atoms with Gasteiger partial charge in [-0.05, 0) is 31.7 Å². The van der Waals surface area contributed by atoms with E-state index in [1.54, 1.807) is 0 Å². The van der Waals surface area contributed by atoms with Crippen molar-refractivity contribution in [2.24, 2.45) is 5.10 Å². The molecule has 0 spiro atoms. The molecule has 0 aliphatic carbocycles. The van der Waals surface area contributed by atoms with E-state index in [2.05, 4.69) is 41.3 Å². The monoisotopic (exact) mass is 202 g/mol. The van der Waals surface area contributed by atoms with Gasteiger partial charge in [-0.25, -0.2) is 0 Å². The van der Waals surface area contributed by atoms with Crippen molar-refractivity contribution in [1.82, 2.24) is 5.01 Å². The van der Waals surface area contributed by atoms with Crippen LogP contribution in [-0.4, -0.2) is 23.8 Å². The molecule has 2 rings (SSSR count). The van der Waals surface area contributed by atoms with Gasteiger partial charge in [0.25, 0.3) is 0 Å². The van der Waals surface area contributed by atoms with E-state index in [1.165, 1.54) is 24.8 Å². The van der Waals surface area contributed by atoms with Gasteiger partial charge >= 0.3 is 0 Å². The minimum atomic E-state index is 1.12. The first-order chi connectivity index (χ1) is 7.36. The molecule has 0 radical (unpaired) electrons. The van der Waals surface area contributed by atoms with Crippen molar-refractivity contribution >= 4 is 5.71 Å². The van der Waals surface area contributed by atoms with Crippen LogP contribution >= 0.6 is 0 Å². The highest BCUT2D eigenvalue weighted by molar-refractivity contribution is 5.98. The van der Waals surface area contributed by atoms with Gasteiger partial charge in [-0.3, -0.25) is 5.01 Å². The maximum Gasteiger partial charge on any atom is 0.0646 e. The fourth-order valence-electron chi connectivity index (χ4n) is 1.93. The Balaban J connectivity index is 2.06. The molecule has 1 aliphatic heterocycles. The quantitative estimate of drug-likeness (QED) is 0.673. The summed E-state index contributed by atoms with van der Waals surface area (Å²) in [6.07, 6.45) is 3.92. The molecule has 80 valence electrons. The minimum absolute atomic E-state index is 1.12. The molecule has 15 heavy (non-hydrogen) atoms. The Hall–Kier alpha value is -1.31. The van der Waals surface area contributed by atoms with Crippen LogP contribution in [0.25, 0.3) is 0 Å². The van der Waals surface area contributed by atoms with Gasteiger partial charge in [0.1, 0.15) is 0 Å². The number of piperidine rings is 1. The largest absolute Gasteiger partial charge is 0.297 e. The molecule has 0 bridgehead atoms. The van der Waals surface area contributed by atoms with Crippen LogP contribution in [-0.2, 0) is 0 Å². The van der Waals surface area contributed by atoms with Gasteiger partial charge in [0.05, 0.1) is 5.71 Å². The molecule has 0 unspecified atom stereocenters. The average molecular weight is 202 g/mol. The lowest BCUT2D eigenvalue weighted by Gasteiger charge is -2.24. The van der Waals surface area contributed by atoms with Gasteiger partial charge in [0, 0.05) is 13.1 Å². The Morgan fingerprint density at radius 2 is 1.73 bits per heavy atom. The fourth-order valence-corrected chi connectivity index (χ4v) is 1.93. The number of hydrogen-bond acceptors (Lipinski definition) is 2. The molecule has 2 nitrogen and oxygen atoms in total. The molecule has 1 saturated heterocycles. The Bertz CT molecular complexity index is 324. The second kappa shape index (κ2) is 4.96. The van der Waals surface area contributed by atoms with Gasteiger partial charge in [0.2, 0.25) is 0 Å².